The van der Waals surface area contributed by atoms with Crippen molar-refractivity contribution in [3.63, 3.8) is 0 Å². The lowest BCUT2D eigenvalue weighted by Crippen LogP contribution is -1.92. The van der Waals surface area contributed by atoms with Crippen LogP contribution in [0, 0.1) is 10.1 Å². The second-order valence-corrected chi connectivity index (χ2v) is 4.17. The van der Waals surface area contributed by atoms with E-state index in [4.69, 9.17) is 9.57 Å². The van der Waals surface area contributed by atoms with Crippen LogP contribution in [0.25, 0.3) is 0 Å². The van der Waals surface area contributed by atoms with Crippen LogP contribution in [0.4, 0.5) is 5.69 Å². The van der Waals surface area contributed by atoms with E-state index in [1.54, 1.807) is 25.5 Å². The molecule has 6 nitrogen and oxygen atoms in total. The van der Waals surface area contributed by atoms with Crippen LogP contribution in [0.2, 0.25) is 0 Å². The minimum atomic E-state index is -0.440. The first-order chi connectivity index (χ1) is 10.2. The summed E-state index contributed by atoms with van der Waals surface area (Å²) in [5.41, 5.74) is 1.66. The average Bonchev–Trinajstić information content (AvgIpc) is 2.52. The van der Waals surface area contributed by atoms with Gasteiger partial charge in [0, 0.05) is 17.7 Å². The number of non-ortho nitro benzene ring substituents is 1. The fraction of sp³-hybridized carbons (Fsp3) is 0.133. The predicted octanol–water partition coefficient (Wildman–Crippen LogP) is 3.15. The molecule has 6 heteroatoms. The molecule has 0 unspecified atom stereocenters. The highest BCUT2D eigenvalue weighted by Crippen LogP contribution is 2.15. The van der Waals surface area contributed by atoms with Gasteiger partial charge in [0.25, 0.3) is 5.69 Å². The standard InChI is InChI=1S/C15H14N2O4/c1-20-15-5-3-2-4-13(15)10-16-21-11-12-6-8-14(9-7-12)17(18)19/h2-10H,11H2,1H3. The number of nitro benzene ring substituents is 1. The van der Waals surface area contributed by atoms with Crippen molar-refractivity contribution in [2.45, 2.75) is 6.61 Å². The van der Waals surface area contributed by atoms with E-state index in [0.717, 1.165) is 11.1 Å². The molecule has 0 aliphatic heterocycles. The Labute approximate surface area is 121 Å². The van der Waals surface area contributed by atoms with Gasteiger partial charge in [-0.25, -0.2) is 0 Å². The predicted molar refractivity (Wildman–Crippen MR) is 78.5 cm³/mol. The summed E-state index contributed by atoms with van der Waals surface area (Å²) in [6.07, 6.45) is 1.56. The summed E-state index contributed by atoms with van der Waals surface area (Å²) in [6, 6.07) is 13.6. The molecule has 0 saturated carbocycles. The second kappa shape index (κ2) is 7.04. The van der Waals surface area contributed by atoms with E-state index in [2.05, 4.69) is 5.16 Å². The summed E-state index contributed by atoms with van der Waals surface area (Å²) in [4.78, 5) is 15.3. The van der Waals surface area contributed by atoms with E-state index in [1.165, 1.54) is 12.1 Å². The molecule has 0 aliphatic carbocycles. The van der Waals surface area contributed by atoms with Crippen molar-refractivity contribution in [1.82, 2.24) is 0 Å². The van der Waals surface area contributed by atoms with Gasteiger partial charge >= 0.3 is 0 Å². The minimum absolute atomic E-state index is 0.0521. The van der Waals surface area contributed by atoms with Crippen LogP contribution in [-0.2, 0) is 11.4 Å². The fourth-order valence-corrected chi connectivity index (χ4v) is 1.69. The molecule has 0 saturated heterocycles. The highest BCUT2D eigenvalue weighted by Gasteiger charge is 2.03. The lowest BCUT2D eigenvalue weighted by molar-refractivity contribution is -0.384. The smallest absolute Gasteiger partial charge is 0.269 e. The first kappa shape index (κ1) is 14.5. The summed E-state index contributed by atoms with van der Waals surface area (Å²) < 4.78 is 5.19. The number of ether oxygens (including phenoxy) is 1. The number of hydrogen-bond acceptors (Lipinski definition) is 5. The number of rotatable bonds is 6. The van der Waals surface area contributed by atoms with Crippen molar-refractivity contribution in [2.75, 3.05) is 7.11 Å². The van der Waals surface area contributed by atoms with Crippen LogP contribution >= 0.6 is 0 Å². The first-order valence-electron chi connectivity index (χ1n) is 6.22. The minimum Gasteiger partial charge on any atom is -0.496 e. The Hall–Kier alpha value is -2.89. The van der Waals surface area contributed by atoms with Gasteiger partial charge in [-0.05, 0) is 29.8 Å². The summed E-state index contributed by atoms with van der Waals surface area (Å²) in [7, 11) is 1.59. The maximum Gasteiger partial charge on any atom is 0.269 e. The molecule has 0 spiro atoms. The van der Waals surface area contributed by atoms with Gasteiger partial charge in [0.05, 0.1) is 18.2 Å². The Morgan fingerprint density at radius 3 is 2.57 bits per heavy atom. The Balaban J connectivity index is 1.91. The highest BCUT2D eigenvalue weighted by molar-refractivity contribution is 5.82. The maximum absolute atomic E-state index is 10.5. The van der Waals surface area contributed by atoms with Gasteiger partial charge in [-0.1, -0.05) is 17.3 Å². The third kappa shape index (κ3) is 4.04. The zero-order valence-electron chi connectivity index (χ0n) is 11.4. The molecule has 0 heterocycles. The maximum atomic E-state index is 10.5. The van der Waals surface area contributed by atoms with Crippen molar-refractivity contribution in [3.8, 4) is 5.75 Å². The van der Waals surface area contributed by atoms with Gasteiger partial charge in [0.15, 0.2) is 0 Å². The number of nitrogens with zero attached hydrogens (tertiary/aromatic N) is 2. The number of hydrogen-bond donors (Lipinski definition) is 0. The number of methoxy groups -OCH3 is 1. The van der Waals surface area contributed by atoms with Crippen molar-refractivity contribution in [2.24, 2.45) is 5.16 Å². The van der Waals surface area contributed by atoms with Crippen LogP contribution in [0.5, 0.6) is 5.75 Å². The molecule has 0 amide bonds. The van der Waals surface area contributed by atoms with Crippen LogP contribution in [0.1, 0.15) is 11.1 Å². The van der Waals surface area contributed by atoms with Crippen molar-refractivity contribution >= 4 is 11.9 Å². The Morgan fingerprint density at radius 1 is 1.19 bits per heavy atom. The summed E-state index contributed by atoms with van der Waals surface area (Å²) in [5.74, 6) is 0.709. The molecule has 0 fully saturated rings. The van der Waals surface area contributed by atoms with Crippen LogP contribution in [-0.4, -0.2) is 18.2 Å². The Bertz CT molecular complexity index is 638. The van der Waals surface area contributed by atoms with E-state index in [0.29, 0.717) is 5.75 Å². The normalized spacial score (nSPS) is 10.5. The molecule has 2 aromatic rings. The topological polar surface area (TPSA) is 74.0 Å². The molecular weight excluding hydrogens is 272 g/mol. The number of oxime groups is 1. The average molecular weight is 286 g/mol. The summed E-state index contributed by atoms with van der Waals surface area (Å²) in [5, 5.41) is 14.4. The van der Waals surface area contributed by atoms with Gasteiger partial charge in [0.2, 0.25) is 0 Å². The molecule has 2 rings (SSSR count). The van der Waals surface area contributed by atoms with Crippen LogP contribution in [0.3, 0.4) is 0 Å². The molecule has 108 valence electrons. The van der Waals surface area contributed by atoms with E-state index >= 15 is 0 Å². The van der Waals surface area contributed by atoms with E-state index < -0.39 is 4.92 Å². The molecule has 0 bridgehead atoms. The lowest BCUT2D eigenvalue weighted by atomic mass is 10.2. The van der Waals surface area contributed by atoms with E-state index in [1.807, 2.05) is 24.3 Å². The van der Waals surface area contributed by atoms with Gasteiger partial charge in [0.1, 0.15) is 12.4 Å². The molecule has 0 aliphatic rings. The van der Waals surface area contributed by atoms with E-state index in [-0.39, 0.29) is 12.3 Å². The third-order valence-corrected chi connectivity index (χ3v) is 2.78. The van der Waals surface area contributed by atoms with Crippen molar-refractivity contribution < 1.29 is 14.5 Å². The largest absolute Gasteiger partial charge is 0.496 e. The van der Waals surface area contributed by atoms with Crippen molar-refractivity contribution in [3.05, 3.63) is 69.8 Å². The summed E-state index contributed by atoms with van der Waals surface area (Å²) in [6.45, 7) is 0.240. The number of benzene rings is 2. The highest BCUT2D eigenvalue weighted by atomic mass is 16.6. The van der Waals surface area contributed by atoms with Gasteiger partial charge in [-0.2, -0.15) is 0 Å². The first-order valence-corrected chi connectivity index (χ1v) is 6.22. The van der Waals surface area contributed by atoms with Crippen LogP contribution in [0.15, 0.2) is 53.7 Å². The fourth-order valence-electron chi connectivity index (χ4n) is 1.69. The van der Waals surface area contributed by atoms with Crippen molar-refractivity contribution in [1.29, 1.82) is 0 Å². The molecule has 21 heavy (non-hydrogen) atoms. The molecule has 0 N–H and O–H groups in total. The molecule has 0 radical (unpaired) electrons. The Kier molecular flexibility index (Phi) is 4.87. The second-order valence-electron chi connectivity index (χ2n) is 4.17. The molecule has 0 aromatic heterocycles. The van der Waals surface area contributed by atoms with E-state index in [9.17, 15) is 10.1 Å². The van der Waals surface area contributed by atoms with Crippen LogP contribution < -0.4 is 4.74 Å². The zero-order valence-corrected chi connectivity index (χ0v) is 11.4. The zero-order chi connectivity index (χ0) is 15.1. The molecular formula is C15H14N2O4. The van der Waals surface area contributed by atoms with Gasteiger partial charge in [-0.3, -0.25) is 10.1 Å². The monoisotopic (exact) mass is 286 g/mol. The lowest BCUT2D eigenvalue weighted by Gasteiger charge is -2.03. The third-order valence-electron chi connectivity index (χ3n) is 2.78. The summed E-state index contributed by atoms with van der Waals surface area (Å²) >= 11 is 0. The number of para-hydroxylation sites is 1. The molecule has 0 atom stereocenters. The number of nitro groups is 1. The Morgan fingerprint density at radius 2 is 1.90 bits per heavy atom. The SMILES string of the molecule is COc1ccccc1C=NOCc1ccc([N+](=O)[O-])cc1. The quantitative estimate of drug-likeness (QED) is 0.464. The molecule has 2 aromatic carbocycles. The van der Waals surface area contributed by atoms with Gasteiger partial charge < -0.3 is 9.57 Å². The van der Waals surface area contributed by atoms with Gasteiger partial charge in [-0.15, -0.1) is 0 Å².